The van der Waals surface area contributed by atoms with E-state index < -0.39 is 59.3 Å². The maximum absolute atomic E-state index is 14.4. The highest BCUT2D eigenvalue weighted by Crippen LogP contribution is 2.27. The predicted molar refractivity (Wildman–Crippen MR) is 242 cm³/mol. The van der Waals surface area contributed by atoms with Gasteiger partial charge in [0.1, 0.15) is 34.8 Å². The number of hydrogen-bond donors (Lipinski definition) is 6. The van der Waals surface area contributed by atoms with Crippen LogP contribution in [0.5, 0.6) is 0 Å². The molecular formula is C44H46Cl2F4N12O4. The lowest BCUT2D eigenvalue weighted by atomic mass is 10.1. The molecule has 0 saturated carbocycles. The minimum Gasteiger partial charge on any atom is -0.359 e. The molecule has 6 aromatic rings. The zero-order valence-electron chi connectivity index (χ0n) is 35.6. The number of nitrogens with one attached hydrogen (secondary N) is 6. The summed E-state index contributed by atoms with van der Waals surface area (Å²) < 4.78 is 59.4. The highest BCUT2D eigenvalue weighted by atomic mass is 35.5. The first-order valence-electron chi connectivity index (χ1n) is 20.2. The van der Waals surface area contributed by atoms with Gasteiger partial charge in [0.25, 0.3) is 11.1 Å². The number of anilines is 2. The Bertz CT molecular complexity index is 2500. The van der Waals surface area contributed by atoms with E-state index in [4.69, 9.17) is 23.2 Å². The molecule has 0 aliphatic heterocycles. The average molecular weight is 954 g/mol. The molecule has 0 radical (unpaired) electrons. The van der Waals surface area contributed by atoms with Gasteiger partial charge in [-0.3, -0.25) is 38.3 Å². The van der Waals surface area contributed by atoms with Crippen LogP contribution in [0.1, 0.15) is 33.6 Å². The number of hydrogen-bond acceptors (Lipinski definition) is 12. The Balaban J connectivity index is 0.000000247. The van der Waals surface area contributed by atoms with Crippen LogP contribution < -0.4 is 43.0 Å². The summed E-state index contributed by atoms with van der Waals surface area (Å²) in [5.74, 6) is -8.29. The summed E-state index contributed by atoms with van der Waals surface area (Å²) in [5.41, 5.74) is 1.45. The van der Waals surface area contributed by atoms with Gasteiger partial charge in [0.05, 0.1) is 25.5 Å². The SMILES string of the molecule is CNCc1ccccc1CNC(=O)Cn1c(Cl)cnc(NCC(F)(F)c2ccccn2)c1=O.CNCc1ccccc1CNC(=O)Cn1c(Cl)cnc(NCC(F)(F)c2ccccn2)c1=O. The number of carbonyl (C=O) groups excluding carboxylic acids is 2. The first kappa shape index (κ1) is 50.3. The van der Waals surface area contributed by atoms with E-state index in [-0.39, 0.29) is 48.1 Å². The second-order valence-corrected chi connectivity index (χ2v) is 15.1. The van der Waals surface area contributed by atoms with Crippen molar-refractivity contribution in [1.29, 1.82) is 0 Å². The maximum Gasteiger partial charge on any atom is 0.306 e. The zero-order valence-corrected chi connectivity index (χ0v) is 37.1. The molecule has 66 heavy (non-hydrogen) atoms. The first-order chi connectivity index (χ1) is 31.6. The van der Waals surface area contributed by atoms with Crippen molar-refractivity contribution in [2.24, 2.45) is 0 Å². The van der Waals surface area contributed by atoms with E-state index in [9.17, 15) is 36.7 Å². The second kappa shape index (κ2) is 24.0. The van der Waals surface area contributed by atoms with Crippen LogP contribution >= 0.6 is 23.2 Å². The van der Waals surface area contributed by atoms with Gasteiger partial charge in [-0.1, -0.05) is 83.9 Å². The van der Waals surface area contributed by atoms with Crippen LogP contribution in [0, 0.1) is 0 Å². The fraction of sp³-hybridized carbons (Fsp3) is 0.273. The molecule has 22 heteroatoms. The first-order valence-corrected chi connectivity index (χ1v) is 20.9. The summed E-state index contributed by atoms with van der Waals surface area (Å²) in [7, 11) is 3.65. The van der Waals surface area contributed by atoms with Crippen molar-refractivity contribution in [3.05, 3.63) is 174 Å². The van der Waals surface area contributed by atoms with Gasteiger partial charge in [-0.05, 0) is 60.6 Å². The molecule has 348 valence electrons. The molecule has 0 aliphatic carbocycles. The molecule has 16 nitrogen and oxygen atoms in total. The molecule has 2 amide bonds. The Morgan fingerprint density at radius 3 is 1.23 bits per heavy atom. The number of amides is 2. The number of halogens is 6. The Labute approximate surface area is 386 Å². The van der Waals surface area contributed by atoms with Gasteiger partial charge in [-0.25, -0.2) is 9.97 Å². The number of benzene rings is 2. The minimum atomic E-state index is -3.34. The van der Waals surface area contributed by atoms with Crippen LogP contribution in [0.2, 0.25) is 10.3 Å². The topological polar surface area (TPSA) is 202 Å². The molecule has 0 bridgehead atoms. The Morgan fingerprint density at radius 1 is 0.545 bits per heavy atom. The summed E-state index contributed by atoms with van der Waals surface area (Å²) in [4.78, 5) is 65.2. The third kappa shape index (κ3) is 14.1. The Morgan fingerprint density at radius 2 is 0.894 bits per heavy atom. The van der Waals surface area contributed by atoms with E-state index in [1.165, 1.54) is 48.8 Å². The summed E-state index contributed by atoms with van der Waals surface area (Å²) in [6, 6.07) is 23.5. The summed E-state index contributed by atoms with van der Waals surface area (Å²) in [6.45, 7) is -0.783. The van der Waals surface area contributed by atoms with Gasteiger partial charge in [-0.2, -0.15) is 17.6 Å². The molecule has 2 aromatic carbocycles. The number of rotatable bonds is 20. The van der Waals surface area contributed by atoms with Crippen molar-refractivity contribution in [3.63, 3.8) is 0 Å². The fourth-order valence-electron chi connectivity index (χ4n) is 6.17. The quantitative estimate of drug-likeness (QED) is 0.0557. The van der Waals surface area contributed by atoms with Gasteiger partial charge >= 0.3 is 11.8 Å². The second-order valence-electron chi connectivity index (χ2n) is 14.3. The normalized spacial score (nSPS) is 11.3. The van der Waals surface area contributed by atoms with Gasteiger partial charge in [0.15, 0.2) is 11.6 Å². The number of alkyl halides is 4. The monoisotopic (exact) mass is 952 g/mol. The molecule has 0 fully saturated rings. The van der Waals surface area contributed by atoms with Gasteiger partial charge in [0.2, 0.25) is 11.8 Å². The van der Waals surface area contributed by atoms with Crippen molar-refractivity contribution < 1.29 is 27.2 Å². The lowest BCUT2D eigenvalue weighted by Gasteiger charge is -2.17. The van der Waals surface area contributed by atoms with Crippen LogP contribution in [-0.4, -0.2) is 68.1 Å². The van der Waals surface area contributed by atoms with Crippen LogP contribution in [0.3, 0.4) is 0 Å². The van der Waals surface area contributed by atoms with E-state index in [2.05, 4.69) is 51.8 Å². The number of aromatic nitrogens is 6. The highest BCUT2D eigenvalue weighted by molar-refractivity contribution is 6.29. The summed E-state index contributed by atoms with van der Waals surface area (Å²) in [6.07, 6.45) is 4.76. The summed E-state index contributed by atoms with van der Waals surface area (Å²) in [5, 5.41) is 16.1. The smallest absolute Gasteiger partial charge is 0.306 e. The van der Waals surface area contributed by atoms with Crippen LogP contribution in [0.15, 0.2) is 119 Å². The van der Waals surface area contributed by atoms with Crippen LogP contribution in [0.25, 0.3) is 0 Å². The Hall–Kier alpha value is -6.74. The van der Waals surface area contributed by atoms with E-state index in [0.29, 0.717) is 13.1 Å². The molecule has 4 heterocycles. The van der Waals surface area contributed by atoms with Gasteiger partial charge in [0, 0.05) is 38.6 Å². The van der Waals surface area contributed by atoms with E-state index in [1.807, 2.05) is 62.6 Å². The third-order valence-corrected chi connectivity index (χ3v) is 10.2. The van der Waals surface area contributed by atoms with Crippen molar-refractivity contribution in [3.8, 4) is 0 Å². The van der Waals surface area contributed by atoms with E-state index in [1.54, 1.807) is 0 Å². The van der Waals surface area contributed by atoms with Crippen molar-refractivity contribution in [2.75, 3.05) is 37.8 Å². The molecule has 0 saturated heterocycles. The molecule has 0 atom stereocenters. The molecule has 6 rings (SSSR count). The fourth-order valence-corrected chi connectivity index (χ4v) is 6.54. The predicted octanol–water partition coefficient (Wildman–Crippen LogP) is 5.06. The largest absolute Gasteiger partial charge is 0.359 e. The van der Waals surface area contributed by atoms with Crippen molar-refractivity contribution in [1.82, 2.24) is 50.3 Å². The van der Waals surface area contributed by atoms with Gasteiger partial charge < -0.3 is 31.9 Å². The molecule has 0 unspecified atom stereocenters. The number of pyridine rings is 2. The molecule has 0 spiro atoms. The van der Waals surface area contributed by atoms with E-state index >= 15 is 0 Å². The number of carbonyl (C=O) groups is 2. The number of nitrogens with zero attached hydrogens (tertiary/aromatic N) is 6. The van der Waals surface area contributed by atoms with Crippen LogP contribution in [-0.2, 0) is 60.7 Å². The third-order valence-electron chi connectivity index (χ3n) is 9.57. The standard InChI is InChI=1S/2C22H23ClF2N6O2/c2*1-26-10-15-6-2-3-7-16(15)11-28-19(32)13-31-18(23)12-29-20(21(31)33)30-14-22(24,25)17-8-4-5-9-27-17/h2*2-9,12,26H,10-11,13-14H2,1H3,(H,28,32)(H,29,30). The van der Waals surface area contributed by atoms with Crippen molar-refractivity contribution >= 4 is 46.7 Å². The zero-order chi connectivity index (χ0) is 47.7. The lowest BCUT2D eigenvalue weighted by Crippen LogP contribution is -2.35. The minimum absolute atomic E-state index is 0.0900. The van der Waals surface area contributed by atoms with Crippen molar-refractivity contribution in [2.45, 2.75) is 51.1 Å². The molecule has 6 N–H and O–H groups in total. The van der Waals surface area contributed by atoms with Crippen LogP contribution in [0.4, 0.5) is 29.2 Å². The summed E-state index contributed by atoms with van der Waals surface area (Å²) >= 11 is 12.1. The molecule has 4 aromatic heterocycles. The maximum atomic E-state index is 14.4. The van der Waals surface area contributed by atoms with Gasteiger partial charge in [-0.15, -0.1) is 0 Å². The van der Waals surface area contributed by atoms with E-state index in [0.717, 1.165) is 43.8 Å². The average Bonchev–Trinajstić information content (AvgIpc) is 3.31. The molecule has 0 aliphatic rings. The lowest BCUT2D eigenvalue weighted by molar-refractivity contribution is -0.122. The Kier molecular flexibility index (Phi) is 18.3. The molecular weight excluding hydrogens is 907 g/mol. The highest BCUT2D eigenvalue weighted by Gasteiger charge is 2.34.